The van der Waals surface area contributed by atoms with Crippen molar-refractivity contribution in [1.82, 2.24) is 9.78 Å². The Kier molecular flexibility index (Phi) is 2.69. The second-order valence-corrected chi connectivity index (χ2v) is 3.22. The number of hydrogen-bond acceptors (Lipinski definition) is 3. The van der Waals surface area contributed by atoms with E-state index in [9.17, 15) is 5.11 Å². The van der Waals surface area contributed by atoms with Crippen LogP contribution < -0.4 is 5.73 Å². The van der Waals surface area contributed by atoms with Gasteiger partial charge >= 0.3 is 0 Å². The van der Waals surface area contributed by atoms with Gasteiger partial charge in [-0.25, -0.2) is 0 Å². The minimum atomic E-state index is 0.237. The van der Waals surface area contributed by atoms with Crippen molar-refractivity contribution in [2.24, 2.45) is 5.73 Å². The van der Waals surface area contributed by atoms with E-state index >= 15 is 0 Å². The minimum Gasteiger partial charge on any atom is -0.508 e. The Morgan fingerprint density at radius 3 is 3.07 bits per heavy atom. The quantitative estimate of drug-likeness (QED) is 0.780. The van der Waals surface area contributed by atoms with Crippen LogP contribution in [-0.4, -0.2) is 21.4 Å². The topological polar surface area (TPSA) is 64.1 Å². The Balaban J connectivity index is 2.29. The lowest BCUT2D eigenvalue weighted by Gasteiger charge is -1.98. The fraction of sp³-hybridized carbons (Fsp3) is 0.182. The van der Waals surface area contributed by atoms with Crippen LogP contribution in [0.25, 0.3) is 11.3 Å². The molecule has 1 aromatic carbocycles. The van der Waals surface area contributed by atoms with Crippen molar-refractivity contribution in [2.45, 2.75) is 6.54 Å². The minimum absolute atomic E-state index is 0.237. The van der Waals surface area contributed by atoms with E-state index in [2.05, 4.69) is 11.3 Å². The molecule has 2 aromatic rings. The van der Waals surface area contributed by atoms with Gasteiger partial charge in [-0.3, -0.25) is 4.68 Å². The predicted octanol–water partition coefficient (Wildman–Crippen LogP) is 1.01. The highest BCUT2D eigenvalue weighted by Gasteiger charge is 2.02. The molecule has 3 N–H and O–H groups in total. The first kappa shape index (κ1) is 9.73. The van der Waals surface area contributed by atoms with Crippen LogP contribution >= 0.6 is 0 Å². The zero-order valence-corrected chi connectivity index (χ0v) is 8.22. The van der Waals surface area contributed by atoms with Gasteiger partial charge in [0.15, 0.2) is 0 Å². The molecule has 2 rings (SSSR count). The average molecular weight is 202 g/mol. The lowest BCUT2D eigenvalue weighted by atomic mass is 10.1. The third-order valence-electron chi connectivity index (χ3n) is 2.06. The number of hydrogen-bond donors (Lipinski definition) is 2. The smallest absolute Gasteiger partial charge is 0.116 e. The van der Waals surface area contributed by atoms with E-state index in [1.165, 1.54) is 0 Å². The summed E-state index contributed by atoms with van der Waals surface area (Å²) in [6.07, 6.45) is 2.97. The normalized spacial score (nSPS) is 10.5. The Hall–Kier alpha value is -1.81. The first-order chi connectivity index (χ1) is 7.29. The Morgan fingerprint density at radius 2 is 2.33 bits per heavy atom. The molecule has 1 aromatic heterocycles. The predicted molar refractivity (Wildman–Crippen MR) is 57.2 cm³/mol. The number of phenolic OH excluding ortho intramolecular Hbond substituents is 1. The highest BCUT2D eigenvalue weighted by molar-refractivity contribution is 5.60. The maximum absolute atomic E-state index is 9.32. The molecule has 0 saturated heterocycles. The Bertz CT molecular complexity index is 451. The summed E-state index contributed by atoms with van der Waals surface area (Å²) in [5.74, 6) is 0.237. The van der Waals surface area contributed by atoms with Crippen LogP contribution in [0.15, 0.2) is 30.3 Å². The molecule has 1 radical (unpaired) electrons. The maximum Gasteiger partial charge on any atom is 0.116 e. The van der Waals surface area contributed by atoms with E-state index in [0.29, 0.717) is 13.1 Å². The van der Waals surface area contributed by atoms with Crippen molar-refractivity contribution in [3.63, 3.8) is 0 Å². The van der Waals surface area contributed by atoms with Gasteiger partial charge in [0.2, 0.25) is 0 Å². The third-order valence-corrected chi connectivity index (χ3v) is 2.06. The van der Waals surface area contributed by atoms with E-state index < -0.39 is 0 Å². The van der Waals surface area contributed by atoms with Crippen molar-refractivity contribution >= 4 is 0 Å². The SMILES string of the molecule is NCCn1[c]cc(-c2cccc(O)c2)n1. The standard InChI is InChI=1S/C11H12N3O/c12-5-7-14-6-4-11(13-14)9-2-1-3-10(15)8-9/h1-4,8,15H,5,7,12H2. The number of nitrogens with two attached hydrogens (primary N) is 1. The van der Waals surface area contributed by atoms with Crippen LogP contribution in [-0.2, 0) is 6.54 Å². The summed E-state index contributed by atoms with van der Waals surface area (Å²) in [5.41, 5.74) is 7.08. The number of rotatable bonds is 3. The number of nitrogens with zero attached hydrogens (tertiary/aromatic N) is 2. The Labute approximate surface area is 88.0 Å². The molecule has 0 saturated carbocycles. The lowest BCUT2D eigenvalue weighted by Crippen LogP contribution is -2.10. The zero-order valence-electron chi connectivity index (χ0n) is 8.22. The fourth-order valence-corrected chi connectivity index (χ4v) is 1.37. The molecule has 15 heavy (non-hydrogen) atoms. The monoisotopic (exact) mass is 202 g/mol. The molecular formula is C11H12N3O. The molecule has 0 bridgehead atoms. The van der Waals surface area contributed by atoms with E-state index in [-0.39, 0.29) is 5.75 Å². The van der Waals surface area contributed by atoms with Gasteiger partial charge in [-0.1, -0.05) is 12.1 Å². The van der Waals surface area contributed by atoms with Crippen LogP contribution in [0.3, 0.4) is 0 Å². The van der Waals surface area contributed by atoms with Gasteiger partial charge in [0, 0.05) is 12.1 Å². The summed E-state index contributed by atoms with van der Waals surface area (Å²) in [6, 6.07) is 8.76. The van der Waals surface area contributed by atoms with Crippen LogP contribution in [0.1, 0.15) is 0 Å². The molecule has 4 nitrogen and oxygen atoms in total. The van der Waals surface area contributed by atoms with Crippen LogP contribution in [0.4, 0.5) is 0 Å². The second-order valence-electron chi connectivity index (χ2n) is 3.22. The zero-order chi connectivity index (χ0) is 10.7. The molecule has 0 amide bonds. The van der Waals surface area contributed by atoms with Gasteiger partial charge < -0.3 is 10.8 Å². The van der Waals surface area contributed by atoms with Crippen molar-refractivity contribution in [3.8, 4) is 17.0 Å². The van der Waals surface area contributed by atoms with E-state index in [4.69, 9.17) is 5.73 Å². The van der Waals surface area contributed by atoms with Gasteiger partial charge in [0.25, 0.3) is 0 Å². The van der Waals surface area contributed by atoms with Gasteiger partial charge in [-0.05, 0) is 18.2 Å². The first-order valence-electron chi connectivity index (χ1n) is 4.74. The van der Waals surface area contributed by atoms with Crippen molar-refractivity contribution < 1.29 is 5.11 Å². The Morgan fingerprint density at radius 1 is 1.47 bits per heavy atom. The molecule has 0 aliphatic carbocycles. The first-order valence-corrected chi connectivity index (χ1v) is 4.74. The summed E-state index contributed by atoms with van der Waals surface area (Å²) in [7, 11) is 0. The van der Waals surface area contributed by atoms with E-state index in [1.807, 2.05) is 6.07 Å². The molecule has 1 heterocycles. The second kappa shape index (κ2) is 4.14. The van der Waals surface area contributed by atoms with Gasteiger partial charge in [-0.2, -0.15) is 5.10 Å². The summed E-state index contributed by atoms with van der Waals surface area (Å²) in [5, 5.41) is 13.6. The van der Waals surface area contributed by atoms with Crippen molar-refractivity contribution in [2.75, 3.05) is 6.54 Å². The molecule has 0 aliphatic rings. The molecule has 0 spiro atoms. The van der Waals surface area contributed by atoms with Crippen LogP contribution in [0.5, 0.6) is 5.75 Å². The molecule has 0 fully saturated rings. The van der Waals surface area contributed by atoms with E-state index in [0.717, 1.165) is 11.3 Å². The summed E-state index contributed by atoms with van der Waals surface area (Å²) < 4.78 is 1.67. The third kappa shape index (κ3) is 2.16. The number of aromatic hydroxyl groups is 1. The molecule has 77 valence electrons. The summed E-state index contributed by atoms with van der Waals surface area (Å²) in [6.45, 7) is 1.19. The average Bonchev–Trinajstić information content (AvgIpc) is 2.67. The lowest BCUT2D eigenvalue weighted by molar-refractivity contribution is 0.475. The number of benzene rings is 1. The van der Waals surface area contributed by atoms with Gasteiger partial charge in [0.1, 0.15) is 5.75 Å². The maximum atomic E-state index is 9.32. The van der Waals surface area contributed by atoms with Crippen LogP contribution in [0.2, 0.25) is 0 Å². The number of aromatic nitrogens is 2. The van der Waals surface area contributed by atoms with Gasteiger partial charge in [-0.15, -0.1) is 0 Å². The molecule has 0 atom stereocenters. The summed E-state index contributed by atoms with van der Waals surface area (Å²) >= 11 is 0. The van der Waals surface area contributed by atoms with Gasteiger partial charge in [0.05, 0.1) is 18.4 Å². The highest BCUT2D eigenvalue weighted by atomic mass is 16.3. The fourth-order valence-electron chi connectivity index (χ4n) is 1.37. The summed E-state index contributed by atoms with van der Waals surface area (Å²) in [4.78, 5) is 0. The van der Waals surface area contributed by atoms with Crippen LogP contribution in [0, 0.1) is 6.20 Å². The van der Waals surface area contributed by atoms with Crippen molar-refractivity contribution in [1.29, 1.82) is 0 Å². The molecule has 0 aliphatic heterocycles. The largest absolute Gasteiger partial charge is 0.508 e. The highest BCUT2D eigenvalue weighted by Crippen LogP contribution is 2.20. The molecule has 4 heteroatoms. The molecule has 0 unspecified atom stereocenters. The molecular weight excluding hydrogens is 190 g/mol. The van der Waals surface area contributed by atoms with E-state index in [1.54, 1.807) is 28.9 Å². The van der Waals surface area contributed by atoms with Crippen molar-refractivity contribution in [3.05, 3.63) is 36.5 Å². The number of phenols is 1.